The van der Waals surface area contributed by atoms with E-state index in [9.17, 15) is 21.6 Å². The van der Waals surface area contributed by atoms with E-state index < -0.39 is 21.7 Å². The normalized spacial score (nSPS) is 17.9. The number of hydrogen-bond acceptors (Lipinski definition) is 6. The van der Waals surface area contributed by atoms with E-state index in [-0.39, 0.29) is 5.75 Å². The smallest absolute Gasteiger partial charge is 0.486 e. The van der Waals surface area contributed by atoms with Crippen LogP contribution >= 0.6 is 0 Å². The maximum Gasteiger partial charge on any atom is 0.534 e. The molecule has 3 aromatic rings. The Morgan fingerprint density at radius 1 is 1.06 bits per heavy atom. The van der Waals surface area contributed by atoms with Gasteiger partial charge in [0.25, 0.3) is 0 Å². The molecule has 2 aromatic carbocycles. The Kier molecular flexibility index (Phi) is 6.42. The summed E-state index contributed by atoms with van der Waals surface area (Å²) in [4.78, 5) is 6.72. The van der Waals surface area contributed by atoms with Gasteiger partial charge in [-0.15, -0.1) is 0 Å². The Morgan fingerprint density at radius 2 is 1.89 bits per heavy atom. The van der Waals surface area contributed by atoms with Gasteiger partial charge in [0.15, 0.2) is 0 Å². The Balaban J connectivity index is 1.34. The molecule has 2 heterocycles. The van der Waals surface area contributed by atoms with Crippen LogP contribution in [0.2, 0.25) is 0 Å². The number of aromatic nitrogens is 1. The average Bonchev–Trinajstić information content (AvgIpc) is 3.21. The van der Waals surface area contributed by atoms with E-state index in [1.807, 2.05) is 42.5 Å². The summed E-state index contributed by atoms with van der Waals surface area (Å²) in [5, 5.41) is 0. The van der Waals surface area contributed by atoms with Crippen LogP contribution in [0.15, 0.2) is 54.7 Å². The molecule has 1 aliphatic carbocycles. The number of benzene rings is 2. The van der Waals surface area contributed by atoms with Gasteiger partial charge in [-0.1, -0.05) is 18.2 Å². The molecule has 0 saturated carbocycles. The van der Waals surface area contributed by atoms with Crippen molar-refractivity contribution >= 4 is 10.1 Å². The van der Waals surface area contributed by atoms with Crippen LogP contribution < -0.4 is 8.92 Å². The van der Waals surface area contributed by atoms with Crippen molar-refractivity contribution in [1.82, 2.24) is 9.88 Å². The van der Waals surface area contributed by atoms with Gasteiger partial charge in [0, 0.05) is 31.4 Å². The van der Waals surface area contributed by atoms with Gasteiger partial charge in [0.2, 0.25) is 0 Å². The molecular formula is C26H25F3N2O4S. The van der Waals surface area contributed by atoms with Crippen LogP contribution in [0.4, 0.5) is 13.2 Å². The Morgan fingerprint density at radius 3 is 2.64 bits per heavy atom. The van der Waals surface area contributed by atoms with Gasteiger partial charge in [-0.25, -0.2) is 0 Å². The molecule has 0 fully saturated rings. The number of pyridine rings is 1. The van der Waals surface area contributed by atoms with Crippen molar-refractivity contribution in [2.75, 3.05) is 6.54 Å². The first kappa shape index (κ1) is 24.6. The fourth-order valence-electron chi connectivity index (χ4n) is 4.87. The highest BCUT2D eigenvalue weighted by Gasteiger charge is 2.49. The zero-order chi connectivity index (χ0) is 25.5. The van der Waals surface area contributed by atoms with Gasteiger partial charge in [0.1, 0.15) is 17.6 Å². The van der Waals surface area contributed by atoms with Crippen LogP contribution in [0.1, 0.15) is 46.0 Å². The maximum absolute atomic E-state index is 13.0. The SMILES string of the molecule is Cc1cc2c(c(OS(=O)(=O)C(F)(F)F)c1)C(Oc1ccc3c(c1)CCN(Cc1ccccn1)C3)CC2. The van der Waals surface area contributed by atoms with Crippen LogP contribution in [0, 0.1) is 6.92 Å². The second-order valence-corrected chi connectivity index (χ2v) is 10.7. The zero-order valence-electron chi connectivity index (χ0n) is 19.6. The molecule has 0 spiro atoms. The van der Waals surface area contributed by atoms with Gasteiger partial charge in [-0.3, -0.25) is 9.88 Å². The van der Waals surface area contributed by atoms with E-state index in [2.05, 4.69) is 14.1 Å². The van der Waals surface area contributed by atoms with Crippen LogP contribution in [0.5, 0.6) is 11.5 Å². The Bertz CT molecular complexity index is 1380. The van der Waals surface area contributed by atoms with Gasteiger partial charge in [-0.2, -0.15) is 21.6 Å². The van der Waals surface area contributed by atoms with E-state index in [0.717, 1.165) is 42.9 Å². The third-order valence-corrected chi connectivity index (χ3v) is 7.48. The van der Waals surface area contributed by atoms with E-state index in [4.69, 9.17) is 4.74 Å². The molecule has 0 bridgehead atoms. The third kappa shape index (κ3) is 5.05. The molecule has 1 aliphatic heterocycles. The summed E-state index contributed by atoms with van der Waals surface area (Å²) in [5.41, 5.74) is -0.451. The molecule has 36 heavy (non-hydrogen) atoms. The molecule has 0 saturated heterocycles. The first-order valence-electron chi connectivity index (χ1n) is 11.6. The van der Waals surface area contributed by atoms with Crippen molar-refractivity contribution in [2.24, 2.45) is 0 Å². The summed E-state index contributed by atoms with van der Waals surface area (Å²) in [5.74, 6) is 0.267. The molecule has 2 aliphatic rings. The quantitative estimate of drug-likeness (QED) is 0.328. The van der Waals surface area contributed by atoms with E-state index >= 15 is 0 Å². The van der Waals surface area contributed by atoms with Gasteiger partial charge in [-0.05, 0) is 78.8 Å². The number of nitrogens with zero attached hydrogens (tertiary/aromatic N) is 2. The standard InChI is InChI=1S/C26H25F3N2O4S/c1-17-12-19-6-8-23(25(19)24(13-17)35-36(32,33)26(27,28)29)34-22-7-5-20-15-31(11-9-18(20)14-22)16-21-4-2-3-10-30-21/h2-5,7,10,12-14,23H,6,8-9,11,15-16H2,1H3. The predicted octanol–water partition coefficient (Wildman–Crippen LogP) is 5.24. The van der Waals surface area contributed by atoms with Crippen molar-refractivity contribution < 1.29 is 30.5 Å². The highest BCUT2D eigenvalue weighted by Crippen LogP contribution is 2.43. The van der Waals surface area contributed by atoms with E-state index in [0.29, 0.717) is 29.7 Å². The molecule has 5 rings (SSSR count). The van der Waals surface area contributed by atoms with Gasteiger partial charge in [0.05, 0.1) is 5.69 Å². The van der Waals surface area contributed by atoms with Crippen molar-refractivity contribution in [3.8, 4) is 11.5 Å². The molecule has 1 aromatic heterocycles. The summed E-state index contributed by atoms with van der Waals surface area (Å²) in [6.07, 6.45) is 3.07. The van der Waals surface area contributed by atoms with Gasteiger partial charge >= 0.3 is 15.6 Å². The van der Waals surface area contributed by atoms with Crippen LogP contribution in [-0.4, -0.2) is 30.4 Å². The number of hydrogen-bond donors (Lipinski definition) is 0. The summed E-state index contributed by atoms with van der Waals surface area (Å²) >= 11 is 0. The van der Waals surface area contributed by atoms with Crippen LogP contribution in [0.25, 0.3) is 0 Å². The number of halogens is 3. The van der Waals surface area contributed by atoms with Crippen molar-refractivity contribution in [2.45, 2.75) is 50.9 Å². The van der Waals surface area contributed by atoms with E-state index in [1.165, 1.54) is 11.6 Å². The second-order valence-electron chi connectivity index (χ2n) is 9.18. The lowest BCUT2D eigenvalue weighted by atomic mass is 9.99. The highest BCUT2D eigenvalue weighted by molar-refractivity contribution is 7.88. The molecule has 10 heteroatoms. The molecule has 190 valence electrons. The number of alkyl halides is 3. The lowest BCUT2D eigenvalue weighted by molar-refractivity contribution is -0.0500. The molecule has 1 unspecified atom stereocenters. The lowest BCUT2D eigenvalue weighted by Crippen LogP contribution is -2.30. The van der Waals surface area contributed by atoms with Crippen LogP contribution in [-0.2, 0) is 36.0 Å². The van der Waals surface area contributed by atoms with Gasteiger partial charge < -0.3 is 8.92 Å². The Labute approximate surface area is 207 Å². The second kappa shape index (κ2) is 9.40. The highest BCUT2D eigenvalue weighted by atomic mass is 32.2. The topological polar surface area (TPSA) is 68.7 Å². The molecule has 1 atom stereocenters. The minimum atomic E-state index is -5.79. The van der Waals surface area contributed by atoms with Crippen molar-refractivity contribution in [3.05, 3.63) is 88.2 Å². The van der Waals surface area contributed by atoms with Crippen molar-refractivity contribution in [1.29, 1.82) is 0 Å². The molecular weight excluding hydrogens is 493 g/mol. The first-order chi connectivity index (χ1) is 17.1. The molecule has 0 N–H and O–H groups in total. The van der Waals surface area contributed by atoms with Crippen molar-refractivity contribution in [3.63, 3.8) is 0 Å². The predicted molar refractivity (Wildman–Crippen MR) is 127 cm³/mol. The summed E-state index contributed by atoms with van der Waals surface area (Å²) in [6, 6.07) is 14.8. The third-order valence-electron chi connectivity index (χ3n) is 6.51. The van der Waals surface area contributed by atoms with E-state index in [1.54, 1.807) is 13.1 Å². The average molecular weight is 519 g/mol. The number of ether oxygens (including phenoxy) is 1. The monoisotopic (exact) mass is 518 g/mol. The fourth-order valence-corrected chi connectivity index (χ4v) is 5.34. The first-order valence-corrected chi connectivity index (χ1v) is 13.0. The number of aryl methyl sites for hydroxylation is 2. The lowest BCUT2D eigenvalue weighted by Gasteiger charge is -2.29. The minimum Gasteiger partial charge on any atom is -0.486 e. The number of rotatable bonds is 6. The summed E-state index contributed by atoms with van der Waals surface area (Å²) in [6.45, 7) is 4.10. The molecule has 0 amide bonds. The Hall–Kier alpha value is -3.11. The number of fused-ring (bicyclic) bond motifs is 2. The summed E-state index contributed by atoms with van der Waals surface area (Å²) in [7, 11) is -5.79. The zero-order valence-corrected chi connectivity index (χ0v) is 20.4. The maximum atomic E-state index is 13.0. The minimum absolute atomic E-state index is 0.326. The largest absolute Gasteiger partial charge is 0.534 e. The molecule has 6 nitrogen and oxygen atoms in total. The molecule has 0 radical (unpaired) electrons. The van der Waals surface area contributed by atoms with Crippen LogP contribution in [0.3, 0.4) is 0 Å². The fraction of sp³-hybridized carbons (Fsp3) is 0.346. The summed E-state index contributed by atoms with van der Waals surface area (Å²) < 4.78 is 73.1.